The molecule has 9 heteroatoms. The molecule has 2 atom stereocenters. The summed E-state index contributed by atoms with van der Waals surface area (Å²) in [5.74, 6) is -0.620. The third-order valence-corrected chi connectivity index (χ3v) is 5.24. The highest BCUT2D eigenvalue weighted by atomic mass is 19.4. The Morgan fingerprint density at radius 2 is 1.75 bits per heavy atom. The molecule has 0 unspecified atom stereocenters. The maximum atomic E-state index is 13.2. The van der Waals surface area contributed by atoms with Gasteiger partial charge in [-0.15, -0.1) is 0 Å². The first-order chi connectivity index (χ1) is 14.6. The minimum absolute atomic E-state index is 0.123. The molecule has 0 radical (unpaired) electrons. The van der Waals surface area contributed by atoms with Gasteiger partial charge >= 0.3 is 12.3 Å². The van der Waals surface area contributed by atoms with Gasteiger partial charge in [-0.05, 0) is 66.5 Å². The third kappa shape index (κ3) is 7.03. The van der Waals surface area contributed by atoms with E-state index in [1.165, 1.54) is 18.2 Å². The van der Waals surface area contributed by atoms with Crippen LogP contribution in [0, 0.1) is 5.41 Å². The highest BCUT2D eigenvalue weighted by molar-refractivity contribution is 5.82. The highest BCUT2D eigenvalue weighted by Gasteiger charge is 2.37. The summed E-state index contributed by atoms with van der Waals surface area (Å²) in [6.45, 7) is 10.8. The minimum Gasteiger partial charge on any atom is -0.492 e. The molecule has 2 amide bonds. The number of amides is 2. The summed E-state index contributed by atoms with van der Waals surface area (Å²) in [5, 5.41) is 2.96. The van der Waals surface area contributed by atoms with Crippen molar-refractivity contribution in [3.8, 4) is 5.75 Å². The van der Waals surface area contributed by atoms with E-state index in [1.54, 1.807) is 39.5 Å². The van der Waals surface area contributed by atoms with E-state index in [9.17, 15) is 22.8 Å². The molecule has 1 aliphatic heterocycles. The normalized spacial score (nSPS) is 20.0. The Bertz CT molecular complexity index is 818. The van der Waals surface area contributed by atoms with Gasteiger partial charge in [0.2, 0.25) is 5.91 Å². The summed E-state index contributed by atoms with van der Waals surface area (Å²) in [5.41, 5.74) is -2.51. The van der Waals surface area contributed by atoms with Gasteiger partial charge in [-0.25, -0.2) is 4.79 Å². The Hall–Kier alpha value is -2.45. The van der Waals surface area contributed by atoms with E-state index < -0.39 is 22.8 Å². The van der Waals surface area contributed by atoms with Crippen molar-refractivity contribution >= 4 is 12.0 Å². The molecule has 0 aromatic heterocycles. The van der Waals surface area contributed by atoms with E-state index >= 15 is 0 Å². The number of para-hydroxylation sites is 1. The van der Waals surface area contributed by atoms with Crippen LogP contribution in [0.2, 0.25) is 0 Å². The first-order valence-electron chi connectivity index (χ1n) is 10.7. The summed E-state index contributed by atoms with van der Waals surface area (Å²) in [6, 6.07) is 4.66. The van der Waals surface area contributed by atoms with Crippen LogP contribution in [0.5, 0.6) is 5.75 Å². The number of carbonyl (C=O) groups is 2. The Labute approximate surface area is 187 Å². The number of rotatable bonds is 5. The number of nitrogens with one attached hydrogen (secondary N) is 1. The van der Waals surface area contributed by atoms with Gasteiger partial charge in [0, 0.05) is 18.6 Å². The van der Waals surface area contributed by atoms with E-state index in [0.717, 1.165) is 6.07 Å². The van der Waals surface area contributed by atoms with Crippen LogP contribution in [0.3, 0.4) is 0 Å². The van der Waals surface area contributed by atoms with E-state index in [1.807, 2.05) is 6.92 Å². The molecule has 0 spiro atoms. The fraction of sp³-hybridized carbons (Fsp3) is 0.652. The molecule has 1 aromatic rings. The number of nitrogens with zero attached hydrogens (tertiary/aromatic N) is 1. The van der Waals surface area contributed by atoms with Crippen molar-refractivity contribution in [3.05, 3.63) is 29.8 Å². The third-order valence-electron chi connectivity index (χ3n) is 5.24. The number of carbonyl (C=O) groups excluding carboxylic acids is 2. The van der Waals surface area contributed by atoms with Crippen LogP contribution in [-0.2, 0) is 15.7 Å². The van der Waals surface area contributed by atoms with Crippen molar-refractivity contribution < 1.29 is 32.2 Å². The van der Waals surface area contributed by atoms with Gasteiger partial charge < -0.3 is 19.7 Å². The zero-order valence-corrected chi connectivity index (χ0v) is 19.5. The first-order valence-corrected chi connectivity index (χ1v) is 10.7. The molecule has 32 heavy (non-hydrogen) atoms. The second-order valence-electron chi connectivity index (χ2n) is 9.88. The molecule has 0 bridgehead atoms. The topological polar surface area (TPSA) is 67.9 Å². The molecule has 1 aliphatic rings. The summed E-state index contributed by atoms with van der Waals surface area (Å²) < 4.78 is 50.3. The van der Waals surface area contributed by atoms with Gasteiger partial charge in [0.1, 0.15) is 18.0 Å². The Kier molecular flexibility index (Phi) is 7.73. The zero-order chi connectivity index (χ0) is 24.3. The quantitative estimate of drug-likeness (QED) is 0.673. The fourth-order valence-corrected chi connectivity index (χ4v) is 3.43. The van der Waals surface area contributed by atoms with Crippen molar-refractivity contribution in [2.75, 3.05) is 13.2 Å². The zero-order valence-electron chi connectivity index (χ0n) is 19.5. The van der Waals surface area contributed by atoms with Crippen LogP contribution in [-0.4, -0.2) is 47.7 Å². The lowest BCUT2D eigenvalue weighted by Gasteiger charge is -2.39. The molecule has 1 fully saturated rings. The smallest absolute Gasteiger partial charge is 0.419 e. The largest absolute Gasteiger partial charge is 0.492 e. The average Bonchev–Trinajstić information content (AvgIpc) is 2.64. The van der Waals surface area contributed by atoms with E-state index in [2.05, 4.69) is 5.32 Å². The maximum Gasteiger partial charge on any atom is 0.419 e. The molecule has 0 aliphatic carbocycles. The lowest BCUT2D eigenvalue weighted by molar-refractivity contribution is -0.139. The Balaban J connectivity index is 1.93. The highest BCUT2D eigenvalue weighted by Crippen LogP contribution is 2.36. The van der Waals surface area contributed by atoms with Gasteiger partial charge in [-0.3, -0.25) is 4.79 Å². The first kappa shape index (κ1) is 25.8. The predicted molar refractivity (Wildman–Crippen MR) is 114 cm³/mol. The Morgan fingerprint density at radius 1 is 1.12 bits per heavy atom. The van der Waals surface area contributed by atoms with Crippen molar-refractivity contribution in [1.82, 2.24) is 10.2 Å². The molecule has 1 aromatic carbocycles. The van der Waals surface area contributed by atoms with E-state index in [0.29, 0.717) is 19.4 Å². The van der Waals surface area contributed by atoms with E-state index in [4.69, 9.17) is 9.47 Å². The number of benzene rings is 1. The SMILES string of the molecule is C[C@H]1C[C@H](NC(=O)C(C)(C)COc2ccccc2C(F)(F)F)CCN1C(=O)OC(C)(C)C. The molecular weight excluding hydrogens is 425 g/mol. The lowest BCUT2D eigenvalue weighted by atomic mass is 9.91. The molecule has 2 rings (SSSR count). The predicted octanol–water partition coefficient (Wildman–Crippen LogP) is 5.01. The van der Waals surface area contributed by atoms with Crippen LogP contribution < -0.4 is 10.1 Å². The number of hydrogen-bond donors (Lipinski definition) is 1. The molecule has 1 heterocycles. The van der Waals surface area contributed by atoms with Gasteiger partial charge in [0.25, 0.3) is 0 Å². The van der Waals surface area contributed by atoms with Gasteiger partial charge in [0.15, 0.2) is 0 Å². The number of alkyl halides is 3. The minimum atomic E-state index is -4.54. The van der Waals surface area contributed by atoms with Gasteiger partial charge in [-0.2, -0.15) is 13.2 Å². The lowest BCUT2D eigenvalue weighted by Crippen LogP contribution is -2.54. The Morgan fingerprint density at radius 3 is 2.31 bits per heavy atom. The van der Waals surface area contributed by atoms with Crippen molar-refractivity contribution in [2.24, 2.45) is 5.41 Å². The molecular formula is C23H33F3N2O4. The van der Waals surface area contributed by atoms with Gasteiger partial charge in [0.05, 0.1) is 11.0 Å². The average molecular weight is 459 g/mol. The van der Waals surface area contributed by atoms with Crippen LogP contribution in [0.4, 0.5) is 18.0 Å². The molecule has 1 saturated heterocycles. The van der Waals surface area contributed by atoms with Crippen LogP contribution in [0.1, 0.15) is 59.9 Å². The number of likely N-dealkylation sites (tertiary alicyclic amines) is 1. The second kappa shape index (κ2) is 9.58. The summed E-state index contributed by atoms with van der Waals surface area (Å²) >= 11 is 0. The van der Waals surface area contributed by atoms with E-state index in [-0.39, 0.29) is 36.4 Å². The number of halogens is 3. The number of hydrogen-bond acceptors (Lipinski definition) is 4. The van der Waals surface area contributed by atoms with Crippen LogP contribution in [0.25, 0.3) is 0 Å². The molecule has 6 nitrogen and oxygen atoms in total. The number of ether oxygens (including phenoxy) is 2. The van der Waals surface area contributed by atoms with Crippen LogP contribution >= 0.6 is 0 Å². The van der Waals surface area contributed by atoms with Gasteiger partial charge in [-0.1, -0.05) is 12.1 Å². The second-order valence-corrected chi connectivity index (χ2v) is 9.88. The summed E-state index contributed by atoms with van der Waals surface area (Å²) in [7, 11) is 0. The molecule has 0 saturated carbocycles. The van der Waals surface area contributed by atoms with Crippen molar-refractivity contribution in [1.29, 1.82) is 0 Å². The van der Waals surface area contributed by atoms with Crippen molar-refractivity contribution in [3.63, 3.8) is 0 Å². The standard InChI is InChI=1S/C23H33F3N2O4/c1-15-13-16(11-12-28(15)20(30)32-21(2,3)4)27-19(29)22(5,6)14-31-18-10-8-7-9-17(18)23(24,25)26/h7-10,15-16H,11-14H2,1-6H3,(H,27,29)/t15-,16+/m0/s1. The molecule has 1 N–H and O–H groups in total. The summed E-state index contributed by atoms with van der Waals surface area (Å²) in [6.07, 6.45) is -3.81. The summed E-state index contributed by atoms with van der Waals surface area (Å²) in [4.78, 5) is 26.8. The van der Waals surface area contributed by atoms with Crippen LogP contribution in [0.15, 0.2) is 24.3 Å². The van der Waals surface area contributed by atoms with Crippen molar-refractivity contribution in [2.45, 2.75) is 78.2 Å². The molecule has 180 valence electrons. The maximum absolute atomic E-state index is 13.2. The monoisotopic (exact) mass is 458 g/mol. The number of piperidine rings is 1. The fourth-order valence-electron chi connectivity index (χ4n) is 3.43.